The quantitative estimate of drug-likeness (QED) is 0.923. The van der Waals surface area contributed by atoms with Crippen LogP contribution in [0.4, 0.5) is 0 Å². The number of thiophene rings is 1. The van der Waals surface area contributed by atoms with E-state index in [-0.39, 0.29) is 0 Å². The van der Waals surface area contributed by atoms with E-state index in [1.807, 2.05) is 11.3 Å². The minimum Gasteiger partial charge on any atom is -0.378 e. The lowest BCUT2D eigenvalue weighted by atomic mass is 9.94. The van der Waals surface area contributed by atoms with Crippen molar-refractivity contribution in [2.75, 3.05) is 13.7 Å². The van der Waals surface area contributed by atoms with Crippen LogP contribution in [-0.2, 0) is 11.2 Å². The second kappa shape index (κ2) is 5.63. The predicted octanol–water partition coefficient (Wildman–Crippen LogP) is 3.07. The predicted molar refractivity (Wildman–Crippen MR) is 72.1 cm³/mol. The Hall–Kier alpha value is 0.1000. The minimum absolute atomic E-state index is 0.427. The first-order valence-electron chi connectivity index (χ1n) is 5.72. The molecule has 16 heavy (non-hydrogen) atoms. The van der Waals surface area contributed by atoms with Crippen molar-refractivity contribution >= 4 is 27.3 Å². The van der Waals surface area contributed by atoms with Crippen molar-refractivity contribution < 1.29 is 4.74 Å². The topological polar surface area (TPSA) is 21.3 Å². The Labute approximate surface area is 110 Å². The van der Waals surface area contributed by atoms with Gasteiger partial charge in [-0.2, -0.15) is 0 Å². The maximum atomic E-state index is 5.65. The monoisotopic (exact) mass is 303 g/mol. The highest BCUT2D eigenvalue weighted by molar-refractivity contribution is 9.11. The third-order valence-electron chi connectivity index (χ3n) is 3.22. The van der Waals surface area contributed by atoms with Crippen LogP contribution in [0.3, 0.4) is 0 Å². The second-order valence-corrected chi connectivity index (χ2v) is 6.99. The van der Waals surface area contributed by atoms with Crippen molar-refractivity contribution in [3.63, 3.8) is 0 Å². The summed E-state index contributed by atoms with van der Waals surface area (Å²) in [6.07, 6.45) is 2.71. The number of nitrogens with one attached hydrogen (secondary N) is 1. The summed E-state index contributed by atoms with van der Waals surface area (Å²) in [5.41, 5.74) is 0. The van der Waals surface area contributed by atoms with Gasteiger partial charge in [-0.1, -0.05) is 0 Å². The zero-order valence-corrected chi connectivity index (χ0v) is 12.1. The van der Waals surface area contributed by atoms with E-state index >= 15 is 0 Å². The van der Waals surface area contributed by atoms with Gasteiger partial charge in [-0.3, -0.25) is 0 Å². The highest BCUT2D eigenvalue weighted by atomic mass is 79.9. The van der Waals surface area contributed by atoms with Gasteiger partial charge in [0.15, 0.2) is 0 Å². The first-order chi connectivity index (χ1) is 7.69. The van der Waals surface area contributed by atoms with Crippen molar-refractivity contribution in [1.82, 2.24) is 5.32 Å². The molecule has 90 valence electrons. The summed E-state index contributed by atoms with van der Waals surface area (Å²) in [5.74, 6) is 0.654. The van der Waals surface area contributed by atoms with Gasteiger partial charge in [0, 0.05) is 16.8 Å². The van der Waals surface area contributed by atoms with Gasteiger partial charge in [-0.05, 0) is 54.9 Å². The highest BCUT2D eigenvalue weighted by Gasteiger charge is 2.28. The molecule has 3 atom stereocenters. The molecule has 1 aromatic rings. The molecule has 1 aromatic heterocycles. The molecule has 0 amide bonds. The molecule has 2 rings (SSSR count). The van der Waals surface area contributed by atoms with Crippen LogP contribution in [0.1, 0.15) is 18.2 Å². The van der Waals surface area contributed by atoms with Gasteiger partial charge in [0.2, 0.25) is 0 Å². The van der Waals surface area contributed by atoms with Crippen LogP contribution in [-0.4, -0.2) is 25.8 Å². The van der Waals surface area contributed by atoms with E-state index in [4.69, 9.17) is 4.74 Å². The lowest BCUT2D eigenvalue weighted by Gasteiger charge is -2.21. The Kier molecular flexibility index (Phi) is 4.41. The maximum absolute atomic E-state index is 5.65. The van der Waals surface area contributed by atoms with Crippen LogP contribution >= 0.6 is 27.3 Å². The third kappa shape index (κ3) is 3.06. The molecule has 0 aromatic carbocycles. The molecule has 2 nitrogen and oxygen atoms in total. The van der Waals surface area contributed by atoms with E-state index < -0.39 is 0 Å². The summed E-state index contributed by atoms with van der Waals surface area (Å²) in [5, 5.41) is 3.43. The Morgan fingerprint density at radius 3 is 2.94 bits per heavy atom. The molecule has 3 unspecified atom stereocenters. The summed E-state index contributed by atoms with van der Waals surface area (Å²) >= 11 is 5.34. The molecule has 1 N–H and O–H groups in total. The summed E-state index contributed by atoms with van der Waals surface area (Å²) in [7, 11) is 2.05. The van der Waals surface area contributed by atoms with Crippen molar-refractivity contribution in [1.29, 1.82) is 0 Å². The third-order valence-corrected chi connectivity index (χ3v) is 4.87. The lowest BCUT2D eigenvalue weighted by Crippen LogP contribution is -2.35. The number of likely N-dealkylation sites (N-methyl/N-ethyl adjacent to an activating group) is 1. The number of ether oxygens (including phenoxy) is 1. The summed E-state index contributed by atoms with van der Waals surface area (Å²) in [6, 6.07) is 4.87. The standard InChI is InChI=1S/C12H18BrNOS/c1-8-5-9(7-15-8)11(14-2)6-10-3-4-12(13)16-10/h3-4,8-9,11,14H,5-7H2,1-2H3. The average Bonchev–Trinajstić information content (AvgIpc) is 2.84. The summed E-state index contributed by atoms with van der Waals surface area (Å²) in [4.78, 5) is 1.44. The molecular weight excluding hydrogens is 286 g/mol. The van der Waals surface area contributed by atoms with Crippen LogP contribution in [0, 0.1) is 5.92 Å². The van der Waals surface area contributed by atoms with E-state index in [2.05, 4.69) is 47.4 Å². The Bertz CT molecular complexity index is 342. The Morgan fingerprint density at radius 1 is 1.62 bits per heavy atom. The zero-order chi connectivity index (χ0) is 11.5. The van der Waals surface area contributed by atoms with Crippen LogP contribution < -0.4 is 5.32 Å². The number of hydrogen-bond donors (Lipinski definition) is 1. The highest BCUT2D eigenvalue weighted by Crippen LogP contribution is 2.28. The molecule has 0 aliphatic carbocycles. The fraction of sp³-hybridized carbons (Fsp3) is 0.667. The van der Waals surface area contributed by atoms with Crippen molar-refractivity contribution in [3.05, 3.63) is 20.8 Å². The van der Waals surface area contributed by atoms with Crippen LogP contribution in [0.2, 0.25) is 0 Å². The number of hydrogen-bond acceptors (Lipinski definition) is 3. The Balaban J connectivity index is 1.95. The molecule has 0 saturated carbocycles. The zero-order valence-electron chi connectivity index (χ0n) is 9.70. The SMILES string of the molecule is CNC(Cc1ccc(Br)s1)C1COC(C)C1. The van der Waals surface area contributed by atoms with Gasteiger partial charge in [0.1, 0.15) is 0 Å². The van der Waals surface area contributed by atoms with Crippen molar-refractivity contribution in [2.24, 2.45) is 5.92 Å². The molecule has 1 aliphatic rings. The van der Waals surface area contributed by atoms with E-state index in [1.54, 1.807) is 0 Å². The second-order valence-electron chi connectivity index (χ2n) is 4.44. The molecule has 4 heteroatoms. The van der Waals surface area contributed by atoms with Gasteiger partial charge < -0.3 is 10.1 Å². The largest absolute Gasteiger partial charge is 0.378 e. The fourth-order valence-corrected chi connectivity index (χ4v) is 3.85. The molecule has 1 fully saturated rings. The van der Waals surface area contributed by atoms with Gasteiger partial charge >= 0.3 is 0 Å². The van der Waals surface area contributed by atoms with Gasteiger partial charge in [-0.25, -0.2) is 0 Å². The molecule has 0 bridgehead atoms. The van der Waals surface area contributed by atoms with Gasteiger partial charge in [-0.15, -0.1) is 11.3 Å². The average molecular weight is 304 g/mol. The van der Waals surface area contributed by atoms with Crippen LogP contribution in [0.15, 0.2) is 15.9 Å². The summed E-state index contributed by atoms with van der Waals surface area (Å²) in [6.45, 7) is 3.06. The Morgan fingerprint density at radius 2 is 2.44 bits per heavy atom. The van der Waals surface area contributed by atoms with Crippen LogP contribution in [0.5, 0.6) is 0 Å². The van der Waals surface area contributed by atoms with E-state index in [0.717, 1.165) is 13.0 Å². The minimum atomic E-state index is 0.427. The summed E-state index contributed by atoms with van der Waals surface area (Å²) < 4.78 is 6.86. The van der Waals surface area contributed by atoms with Crippen molar-refractivity contribution in [2.45, 2.75) is 31.9 Å². The molecule has 0 radical (unpaired) electrons. The van der Waals surface area contributed by atoms with Gasteiger partial charge in [0.05, 0.1) is 16.5 Å². The molecule has 0 spiro atoms. The fourth-order valence-electron chi connectivity index (χ4n) is 2.31. The van der Waals surface area contributed by atoms with E-state index in [0.29, 0.717) is 18.1 Å². The first-order valence-corrected chi connectivity index (χ1v) is 7.33. The number of rotatable bonds is 4. The molecule has 1 saturated heterocycles. The first kappa shape index (κ1) is 12.6. The normalized spacial score (nSPS) is 27.2. The van der Waals surface area contributed by atoms with Gasteiger partial charge in [0.25, 0.3) is 0 Å². The number of halogens is 1. The van der Waals surface area contributed by atoms with E-state index in [9.17, 15) is 0 Å². The van der Waals surface area contributed by atoms with Crippen LogP contribution in [0.25, 0.3) is 0 Å². The molecule has 2 heterocycles. The van der Waals surface area contributed by atoms with Crippen molar-refractivity contribution in [3.8, 4) is 0 Å². The molecule has 1 aliphatic heterocycles. The smallest absolute Gasteiger partial charge is 0.0701 e. The molecular formula is C12H18BrNOS. The maximum Gasteiger partial charge on any atom is 0.0701 e. The van der Waals surface area contributed by atoms with E-state index in [1.165, 1.54) is 15.1 Å². The lowest BCUT2D eigenvalue weighted by molar-refractivity contribution is 0.117.